The van der Waals surface area contributed by atoms with Crippen molar-refractivity contribution in [3.05, 3.63) is 59.4 Å². The van der Waals surface area contributed by atoms with Crippen molar-refractivity contribution in [3.63, 3.8) is 0 Å². The second kappa shape index (κ2) is 10.3. The Balaban J connectivity index is 1.86. The van der Waals surface area contributed by atoms with Crippen LogP contribution < -0.4 is 15.4 Å². The van der Waals surface area contributed by atoms with E-state index in [1.807, 2.05) is 24.4 Å². The molecule has 0 aliphatic heterocycles. The zero-order valence-corrected chi connectivity index (χ0v) is 15.4. The first-order valence-corrected chi connectivity index (χ1v) is 8.79. The molecule has 0 saturated carbocycles. The van der Waals surface area contributed by atoms with Gasteiger partial charge < -0.3 is 15.4 Å². The van der Waals surface area contributed by atoms with Gasteiger partial charge in [-0.2, -0.15) is 0 Å². The monoisotopic (exact) mass is 340 g/mol. The molecule has 5 nitrogen and oxygen atoms in total. The van der Waals surface area contributed by atoms with Gasteiger partial charge in [-0.3, -0.25) is 9.98 Å². The molecule has 0 aliphatic carbocycles. The molecule has 0 fully saturated rings. The Labute approximate surface area is 150 Å². The van der Waals surface area contributed by atoms with Crippen molar-refractivity contribution in [2.75, 3.05) is 20.2 Å². The van der Waals surface area contributed by atoms with Crippen LogP contribution in [0.25, 0.3) is 0 Å². The molecular weight excluding hydrogens is 312 g/mol. The van der Waals surface area contributed by atoms with Gasteiger partial charge in [-0.1, -0.05) is 25.1 Å². The lowest BCUT2D eigenvalue weighted by atomic mass is 10.1. The van der Waals surface area contributed by atoms with Gasteiger partial charge in [0.05, 0.1) is 6.61 Å². The molecule has 25 heavy (non-hydrogen) atoms. The first-order chi connectivity index (χ1) is 12.2. The van der Waals surface area contributed by atoms with Gasteiger partial charge in [0.1, 0.15) is 5.75 Å². The second-order valence-corrected chi connectivity index (χ2v) is 5.88. The van der Waals surface area contributed by atoms with Gasteiger partial charge in [0.25, 0.3) is 0 Å². The summed E-state index contributed by atoms with van der Waals surface area (Å²) in [6, 6.07) is 12.3. The molecule has 134 valence electrons. The molecule has 0 aliphatic rings. The molecule has 0 amide bonds. The molecule has 1 aromatic heterocycles. The zero-order valence-electron chi connectivity index (χ0n) is 15.4. The largest absolute Gasteiger partial charge is 0.493 e. The normalized spacial score (nSPS) is 11.2. The van der Waals surface area contributed by atoms with Crippen LogP contribution >= 0.6 is 0 Å². The Bertz CT molecular complexity index is 671. The third kappa shape index (κ3) is 6.45. The summed E-state index contributed by atoms with van der Waals surface area (Å²) in [6.45, 7) is 6.37. The first kappa shape index (κ1) is 18.8. The van der Waals surface area contributed by atoms with Crippen LogP contribution in [0.3, 0.4) is 0 Å². The number of guanidine groups is 1. The Morgan fingerprint density at radius 2 is 2.08 bits per heavy atom. The average molecular weight is 340 g/mol. The van der Waals surface area contributed by atoms with Gasteiger partial charge in [-0.15, -0.1) is 0 Å². The Hall–Kier alpha value is -2.56. The molecule has 2 aromatic rings. The summed E-state index contributed by atoms with van der Waals surface area (Å²) in [6.07, 6.45) is 3.67. The number of rotatable bonds is 8. The van der Waals surface area contributed by atoms with Crippen molar-refractivity contribution in [3.8, 4) is 5.75 Å². The van der Waals surface area contributed by atoms with Gasteiger partial charge >= 0.3 is 0 Å². The van der Waals surface area contributed by atoms with E-state index < -0.39 is 0 Å². The van der Waals surface area contributed by atoms with Crippen molar-refractivity contribution in [1.82, 2.24) is 15.6 Å². The highest BCUT2D eigenvalue weighted by Crippen LogP contribution is 2.20. The lowest BCUT2D eigenvalue weighted by Gasteiger charge is -2.15. The number of nitrogens with zero attached hydrogens (tertiary/aromatic N) is 2. The number of ether oxygens (including phenoxy) is 1. The smallest absolute Gasteiger partial charge is 0.191 e. The van der Waals surface area contributed by atoms with Gasteiger partial charge in [0.15, 0.2) is 5.96 Å². The number of pyridine rings is 1. The second-order valence-electron chi connectivity index (χ2n) is 5.88. The summed E-state index contributed by atoms with van der Waals surface area (Å²) < 4.78 is 5.86. The van der Waals surface area contributed by atoms with E-state index in [2.05, 4.69) is 52.7 Å². The number of aryl methyl sites for hydroxylation is 1. The summed E-state index contributed by atoms with van der Waals surface area (Å²) in [5.74, 6) is 1.72. The number of aromatic nitrogens is 1. The minimum Gasteiger partial charge on any atom is -0.493 e. The Morgan fingerprint density at radius 3 is 2.80 bits per heavy atom. The summed E-state index contributed by atoms with van der Waals surface area (Å²) in [5.41, 5.74) is 3.40. The van der Waals surface area contributed by atoms with E-state index in [1.54, 1.807) is 7.05 Å². The highest BCUT2D eigenvalue weighted by Gasteiger charge is 2.06. The molecule has 0 unspecified atom stereocenters. The first-order valence-electron chi connectivity index (χ1n) is 8.79. The standard InChI is InChI=1S/C20H28N4O/c1-4-13-25-19-14-16(2)8-9-17(19)15-24-20(21-3)23-12-10-18-7-5-6-11-22-18/h5-9,11,14H,4,10,12-13,15H2,1-3H3,(H2,21,23,24). The minimum atomic E-state index is 0.669. The topological polar surface area (TPSA) is 58.5 Å². The molecule has 2 N–H and O–H groups in total. The average Bonchev–Trinajstić information content (AvgIpc) is 2.64. The van der Waals surface area contributed by atoms with Crippen LogP contribution in [-0.4, -0.2) is 31.1 Å². The maximum absolute atomic E-state index is 5.86. The van der Waals surface area contributed by atoms with Gasteiger partial charge in [-0.05, 0) is 37.1 Å². The van der Waals surface area contributed by atoms with E-state index in [4.69, 9.17) is 4.74 Å². The number of aliphatic imine (C=N–C) groups is 1. The van der Waals surface area contributed by atoms with Crippen LogP contribution in [-0.2, 0) is 13.0 Å². The molecule has 1 heterocycles. The van der Waals surface area contributed by atoms with Crippen LogP contribution in [0, 0.1) is 6.92 Å². The van der Waals surface area contributed by atoms with E-state index >= 15 is 0 Å². The summed E-state index contributed by atoms with van der Waals surface area (Å²) >= 11 is 0. The molecule has 5 heteroatoms. The van der Waals surface area contributed by atoms with Crippen molar-refractivity contribution in [2.24, 2.45) is 4.99 Å². The number of hydrogen-bond acceptors (Lipinski definition) is 3. The summed E-state index contributed by atoms with van der Waals surface area (Å²) in [5, 5.41) is 6.67. The lowest BCUT2D eigenvalue weighted by Crippen LogP contribution is -2.38. The van der Waals surface area contributed by atoms with E-state index in [0.29, 0.717) is 6.54 Å². The van der Waals surface area contributed by atoms with E-state index in [1.165, 1.54) is 5.56 Å². The fourth-order valence-corrected chi connectivity index (χ4v) is 2.41. The molecule has 0 radical (unpaired) electrons. The van der Waals surface area contributed by atoms with Crippen molar-refractivity contribution >= 4 is 5.96 Å². The predicted octanol–water partition coefficient (Wildman–Crippen LogP) is 3.09. The number of nitrogens with one attached hydrogen (secondary N) is 2. The van der Waals surface area contributed by atoms with Crippen LogP contribution in [0.15, 0.2) is 47.6 Å². The van der Waals surface area contributed by atoms with Crippen LogP contribution in [0.2, 0.25) is 0 Å². The molecule has 0 atom stereocenters. The van der Waals surface area contributed by atoms with Crippen LogP contribution in [0.1, 0.15) is 30.2 Å². The summed E-state index contributed by atoms with van der Waals surface area (Å²) in [7, 11) is 1.78. The minimum absolute atomic E-state index is 0.669. The molecule has 0 saturated heterocycles. The van der Waals surface area contributed by atoms with Gasteiger partial charge in [-0.25, -0.2) is 0 Å². The van der Waals surface area contributed by atoms with Gasteiger partial charge in [0.2, 0.25) is 0 Å². The SMILES string of the molecule is CCCOc1cc(C)ccc1CNC(=NC)NCCc1ccccn1. The molecule has 0 spiro atoms. The molecule has 0 bridgehead atoms. The van der Waals surface area contributed by atoms with Crippen LogP contribution in [0.5, 0.6) is 5.75 Å². The lowest BCUT2D eigenvalue weighted by molar-refractivity contribution is 0.313. The fourth-order valence-electron chi connectivity index (χ4n) is 2.41. The Kier molecular flexibility index (Phi) is 7.76. The zero-order chi connectivity index (χ0) is 17.9. The highest BCUT2D eigenvalue weighted by molar-refractivity contribution is 5.79. The molecule has 2 rings (SSSR count). The predicted molar refractivity (Wildman–Crippen MR) is 103 cm³/mol. The highest BCUT2D eigenvalue weighted by atomic mass is 16.5. The number of hydrogen-bond donors (Lipinski definition) is 2. The fraction of sp³-hybridized carbons (Fsp3) is 0.400. The van der Waals surface area contributed by atoms with Crippen molar-refractivity contribution < 1.29 is 4.74 Å². The quantitative estimate of drug-likeness (QED) is 0.573. The molecular formula is C20H28N4O. The summed E-state index contributed by atoms with van der Waals surface area (Å²) in [4.78, 5) is 8.60. The van der Waals surface area contributed by atoms with Crippen LogP contribution in [0.4, 0.5) is 0 Å². The van der Waals surface area contributed by atoms with E-state index in [9.17, 15) is 0 Å². The Morgan fingerprint density at radius 1 is 1.20 bits per heavy atom. The van der Waals surface area contributed by atoms with Crippen molar-refractivity contribution in [1.29, 1.82) is 0 Å². The maximum atomic E-state index is 5.86. The third-order valence-corrected chi connectivity index (χ3v) is 3.75. The number of benzene rings is 1. The third-order valence-electron chi connectivity index (χ3n) is 3.75. The van der Waals surface area contributed by atoms with E-state index in [0.717, 1.165) is 49.0 Å². The maximum Gasteiger partial charge on any atom is 0.191 e. The molecule has 1 aromatic carbocycles. The van der Waals surface area contributed by atoms with Crippen molar-refractivity contribution in [2.45, 2.75) is 33.2 Å². The van der Waals surface area contributed by atoms with Gasteiger partial charge in [0, 0.05) is 44.0 Å². The van der Waals surface area contributed by atoms with E-state index in [-0.39, 0.29) is 0 Å².